The van der Waals surface area contributed by atoms with E-state index in [1.807, 2.05) is 14.0 Å². The van der Waals surface area contributed by atoms with Gasteiger partial charge in [0.15, 0.2) is 0 Å². The standard InChI is InChI=1S/C21H23N9O2S/c1-13(2)15-11-24-21(26-14-10-25-29(3)12-14)28-20(15)27-17-7-6-16-18(23-9-8-22-16)19(17)30(4)33(5,31)32/h6-12H,1H2,2-5H3,(H2,24,26,27,28). The van der Waals surface area contributed by atoms with Crippen LogP contribution >= 0.6 is 0 Å². The molecule has 33 heavy (non-hydrogen) atoms. The molecule has 12 heteroatoms. The van der Waals surface area contributed by atoms with Gasteiger partial charge in [0, 0.05) is 44.4 Å². The zero-order valence-corrected chi connectivity index (χ0v) is 19.4. The molecule has 0 bridgehead atoms. The number of hydrogen-bond donors (Lipinski definition) is 2. The van der Waals surface area contributed by atoms with E-state index < -0.39 is 10.0 Å². The first-order valence-electron chi connectivity index (χ1n) is 9.86. The van der Waals surface area contributed by atoms with Crippen molar-refractivity contribution in [1.29, 1.82) is 0 Å². The topological polar surface area (TPSA) is 131 Å². The molecular formula is C21H23N9O2S. The van der Waals surface area contributed by atoms with Crippen molar-refractivity contribution in [3.8, 4) is 0 Å². The Hall–Kier alpha value is -4.06. The number of aromatic nitrogens is 6. The molecule has 170 valence electrons. The van der Waals surface area contributed by atoms with Crippen molar-refractivity contribution in [3.63, 3.8) is 0 Å². The molecular weight excluding hydrogens is 442 g/mol. The fourth-order valence-corrected chi connectivity index (χ4v) is 3.72. The minimum atomic E-state index is -3.58. The van der Waals surface area contributed by atoms with Gasteiger partial charge in [0.05, 0.1) is 29.3 Å². The van der Waals surface area contributed by atoms with Crippen LogP contribution in [-0.4, -0.2) is 51.4 Å². The number of benzene rings is 1. The van der Waals surface area contributed by atoms with Crippen molar-refractivity contribution in [2.75, 3.05) is 28.2 Å². The summed E-state index contributed by atoms with van der Waals surface area (Å²) >= 11 is 0. The third-order valence-electron chi connectivity index (χ3n) is 4.89. The van der Waals surface area contributed by atoms with Crippen LogP contribution in [0.5, 0.6) is 0 Å². The van der Waals surface area contributed by atoms with E-state index in [9.17, 15) is 8.42 Å². The van der Waals surface area contributed by atoms with Gasteiger partial charge in [0.2, 0.25) is 16.0 Å². The van der Waals surface area contributed by atoms with E-state index in [0.29, 0.717) is 39.7 Å². The van der Waals surface area contributed by atoms with Gasteiger partial charge in [-0.05, 0) is 24.6 Å². The minimum absolute atomic E-state index is 0.342. The summed E-state index contributed by atoms with van der Waals surface area (Å²) < 4.78 is 27.6. The van der Waals surface area contributed by atoms with Gasteiger partial charge in [0.1, 0.15) is 17.0 Å². The zero-order chi connectivity index (χ0) is 23.8. The fourth-order valence-electron chi connectivity index (χ4n) is 3.20. The summed E-state index contributed by atoms with van der Waals surface area (Å²) in [5, 5.41) is 10.5. The van der Waals surface area contributed by atoms with Crippen molar-refractivity contribution in [3.05, 3.63) is 55.3 Å². The number of rotatable bonds is 7. The molecule has 0 unspecified atom stereocenters. The van der Waals surface area contributed by atoms with Crippen LogP contribution in [0.25, 0.3) is 16.6 Å². The third-order valence-corrected chi connectivity index (χ3v) is 6.07. The maximum Gasteiger partial charge on any atom is 0.232 e. The Morgan fingerprint density at radius 3 is 2.55 bits per heavy atom. The second-order valence-corrected chi connectivity index (χ2v) is 9.52. The van der Waals surface area contributed by atoms with E-state index in [1.165, 1.54) is 17.5 Å². The maximum atomic E-state index is 12.4. The number of hydrogen-bond acceptors (Lipinski definition) is 9. The number of allylic oxidation sites excluding steroid dienone is 1. The first-order chi connectivity index (χ1) is 15.6. The Bertz CT molecular complexity index is 1460. The molecule has 2 N–H and O–H groups in total. The van der Waals surface area contributed by atoms with E-state index in [1.54, 1.807) is 41.6 Å². The summed E-state index contributed by atoms with van der Waals surface area (Å²) in [6.07, 6.45) is 9.31. The summed E-state index contributed by atoms with van der Waals surface area (Å²) in [6.45, 7) is 5.85. The Morgan fingerprint density at radius 1 is 1.12 bits per heavy atom. The molecule has 0 aliphatic heterocycles. The van der Waals surface area contributed by atoms with E-state index in [0.717, 1.165) is 17.5 Å². The van der Waals surface area contributed by atoms with Crippen molar-refractivity contribution < 1.29 is 8.42 Å². The number of sulfonamides is 1. The monoisotopic (exact) mass is 465 g/mol. The molecule has 0 amide bonds. The van der Waals surface area contributed by atoms with E-state index in [4.69, 9.17) is 0 Å². The van der Waals surface area contributed by atoms with Crippen molar-refractivity contribution in [1.82, 2.24) is 29.7 Å². The van der Waals surface area contributed by atoms with E-state index in [2.05, 4.69) is 42.2 Å². The lowest BCUT2D eigenvalue weighted by atomic mass is 10.1. The highest BCUT2D eigenvalue weighted by atomic mass is 32.2. The molecule has 0 radical (unpaired) electrons. The first-order valence-corrected chi connectivity index (χ1v) is 11.7. The molecule has 0 atom stereocenters. The average Bonchev–Trinajstić information content (AvgIpc) is 3.17. The maximum absolute atomic E-state index is 12.4. The Kier molecular flexibility index (Phi) is 5.68. The molecule has 4 aromatic rings. The second-order valence-electron chi connectivity index (χ2n) is 7.51. The predicted octanol–water partition coefficient (Wildman–Crippen LogP) is 3.07. The van der Waals surface area contributed by atoms with Crippen molar-refractivity contribution in [2.45, 2.75) is 6.92 Å². The molecule has 0 aliphatic carbocycles. The molecule has 11 nitrogen and oxygen atoms in total. The lowest BCUT2D eigenvalue weighted by molar-refractivity contribution is 0.600. The Balaban J connectivity index is 1.83. The zero-order valence-electron chi connectivity index (χ0n) is 18.6. The smallest absolute Gasteiger partial charge is 0.232 e. The SMILES string of the molecule is C=C(C)c1cnc(Nc2cnn(C)c2)nc1Nc1ccc2nccnc2c1N(C)S(C)(=O)=O. The number of nitrogens with one attached hydrogen (secondary N) is 2. The first kappa shape index (κ1) is 22.1. The van der Waals surface area contributed by atoms with Crippen LogP contribution in [0.1, 0.15) is 12.5 Å². The lowest BCUT2D eigenvalue weighted by Crippen LogP contribution is -2.26. The quantitative estimate of drug-likeness (QED) is 0.423. The summed E-state index contributed by atoms with van der Waals surface area (Å²) in [6, 6.07) is 3.51. The van der Waals surface area contributed by atoms with Crippen LogP contribution in [0.4, 0.5) is 28.8 Å². The molecule has 0 fully saturated rings. The molecule has 1 aromatic carbocycles. The highest BCUT2D eigenvalue weighted by molar-refractivity contribution is 7.92. The molecule has 3 aromatic heterocycles. The molecule has 0 saturated carbocycles. The van der Waals surface area contributed by atoms with Crippen molar-refractivity contribution >= 4 is 55.5 Å². The Labute approximate surface area is 191 Å². The molecule has 3 heterocycles. The second kappa shape index (κ2) is 8.47. The van der Waals surface area contributed by atoms with Gasteiger partial charge >= 0.3 is 0 Å². The third kappa shape index (κ3) is 4.60. The van der Waals surface area contributed by atoms with Gasteiger partial charge in [-0.1, -0.05) is 6.58 Å². The Morgan fingerprint density at radius 2 is 1.88 bits per heavy atom. The minimum Gasteiger partial charge on any atom is -0.338 e. The normalized spacial score (nSPS) is 11.4. The predicted molar refractivity (Wildman–Crippen MR) is 129 cm³/mol. The van der Waals surface area contributed by atoms with Gasteiger partial charge in [-0.3, -0.25) is 19.0 Å². The van der Waals surface area contributed by atoms with Crippen LogP contribution in [0.2, 0.25) is 0 Å². The van der Waals surface area contributed by atoms with Crippen molar-refractivity contribution in [2.24, 2.45) is 7.05 Å². The average molecular weight is 466 g/mol. The van der Waals surface area contributed by atoms with Gasteiger partial charge in [0.25, 0.3) is 0 Å². The highest BCUT2D eigenvalue weighted by Gasteiger charge is 2.22. The van der Waals surface area contributed by atoms with Crippen LogP contribution in [0.3, 0.4) is 0 Å². The molecule has 0 aliphatic rings. The van der Waals surface area contributed by atoms with Crippen LogP contribution in [0, 0.1) is 0 Å². The summed E-state index contributed by atoms with van der Waals surface area (Å²) in [5.41, 5.74) is 4.00. The summed E-state index contributed by atoms with van der Waals surface area (Å²) in [7, 11) is -0.299. The largest absolute Gasteiger partial charge is 0.338 e. The van der Waals surface area contributed by atoms with Gasteiger partial charge in [-0.2, -0.15) is 10.1 Å². The lowest BCUT2D eigenvalue weighted by Gasteiger charge is -2.22. The van der Waals surface area contributed by atoms with E-state index >= 15 is 0 Å². The van der Waals surface area contributed by atoms with Gasteiger partial charge < -0.3 is 10.6 Å². The number of fused-ring (bicyclic) bond motifs is 1. The van der Waals surface area contributed by atoms with Crippen LogP contribution in [-0.2, 0) is 17.1 Å². The van der Waals surface area contributed by atoms with Crippen LogP contribution < -0.4 is 14.9 Å². The van der Waals surface area contributed by atoms with Crippen LogP contribution in [0.15, 0.2) is 49.7 Å². The number of anilines is 5. The van der Waals surface area contributed by atoms with Gasteiger partial charge in [-0.25, -0.2) is 13.4 Å². The summed E-state index contributed by atoms with van der Waals surface area (Å²) in [5.74, 6) is 0.796. The number of aryl methyl sites for hydroxylation is 1. The van der Waals surface area contributed by atoms with E-state index in [-0.39, 0.29) is 0 Å². The summed E-state index contributed by atoms with van der Waals surface area (Å²) in [4.78, 5) is 17.6. The van der Waals surface area contributed by atoms with Gasteiger partial charge in [-0.15, -0.1) is 0 Å². The fraction of sp³-hybridized carbons (Fsp3) is 0.190. The molecule has 0 spiro atoms. The molecule has 0 saturated heterocycles. The molecule has 4 rings (SSSR count). The number of nitrogens with zero attached hydrogens (tertiary/aromatic N) is 7. The highest BCUT2D eigenvalue weighted by Crippen LogP contribution is 2.36.